The average molecular weight is 414 g/mol. The Morgan fingerprint density at radius 1 is 1.19 bits per heavy atom. The number of nitrogens with one attached hydrogen (secondary N) is 2. The van der Waals surface area contributed by atoms with Gasteiger partial charge in [0, 0.05) is 44.4 Å². The van der Waals surface area contributed by atoms with E-state index in [9.17, 15) is 4.79 Å². The maximum absolute atomic E-state index is 11.9. The fourth-order valence-corrected chi connectivity index (χ4v) is 3.82. The number of hydrazine groups is 2. The smallest absolute Gasteiger partial charge is 0.221 e. The molecule has 0 atom stereocenters. The van der Waals surface area contributed by atoms with E-state index in [1.54, 1.807) is 17.1 Å². The summed E-state index contributed by atoms with van der Waals surface area (Å²) in [7, 11) is 3.77. The lowest BCUT2D eigenvalue weighted by Gasteiger charge is -2.19. The molecule has 31 heavy (non-hydrogen) atoms. The quantitative estimate of drug-likeness (QED) is 0.531. The van der Waals surface area contributed by atoms with Gasteiger partial charge in [0.1, 0.15) is 5.69 Å². The van der Waals surface area contributed by atoms with E-state index in [4.69, 9.17) is 4.98 Å². The third-order valence-electron chi connectivity index (χ3n) is 5.16. The number of anilines is 3. The second-order valence-corrected chi connectivity index (χ2v) is 7.59. The molecule has 9 heteroatoms. The molecule has 0 unspecified atom stereocenters. The standard InChI is InChI=1S/C22H22N8O/c1-14(31)25-20-10-19(17-11-24-28(2)13-17)26-22-21(20)29(3)27-30(22)12-15-6-7-18-16(9-15)5-4-8-23-18/h4-11,13,27H,12H2,1-3H3,(H,25,26,31). The normalized spacial score (nSPS) is 13.0. The van der Waals surface area contributed by atoms with Gasteiger partial charge in [-0.25, -0.2) is 4.98 Å². The van der Waals surface area contributed by atoms with Gasteiger partial charge in [-0.05, 0) is 29.8 Å². The molecule has 1 aliphatic heterocycles. The monoisotopic (exact) mass is 414 g/mol. The fourth-order valence-electron chi connectivity index (χ4n) is 3.82. The lowest BCUT2D eigenvalue weighted by molar-refractivity contribution is -0.114. The lowest BCUT2D eigenvalue weighted by Crippen LogP contribution is -2.41. The number of benzene rings is 1. The Labute approximate surface area is 179 Å². The number of pyridine rings is 2. The van der Waals surface area contributed by atoms with E-state index in [2.05, 4.69) is 39.1 Å². The highest BCUT2D eigenvalue weighted by Crippen LogP contribution is 2.40. The Bertz CT molecular complexity index is 1300. The molecule has 4 aromatic rings. The van der Waals surface area contributed by atoms with Crippen molar-refractivity contribution in [3.63, 3.8) is 0 Å². The summed E-state index contributed by atoms with van der Waals surface area (Å²) in [5, 5.41) is 12.1. The Balaban J connectivity index is 1.57. The minimum Gasteiger partial charge on any atom is -0.324 e. The van der Waals surface area contributed by atoms with Crippen molar-refractivity contribution < 1.29 is 4.79 Å². The first-order valence-electron chi connectivity index (χ1n) is 9.91. The van der Waals surface area contributed by atoms with E-state index in [-0.39, 0.29) is 5.91 Å². The topological polar surface area (TPSA) is 91.2 Å². The Kier molecular flexibility index (Phi) is 4.52. The Hall–Kier alpha value is -3.98. The molecule has 2 N–H and O–H groups in total. The third-order valence-corrected chi connectivity index (χ3v) is 5.16. The number of carbonyl (C=O) groups excluding carboxylic acids is 1. The largest absolute Gasteiger partial charge is 0.324 e. The van der Waals surface area contributed by atoms with Gasteiger partial charge >= 0.3 is 0 Å². The van der Waals surface area contributed by atoms with Gasteiger partial charge in [0.15, 0.2) is 5.82 Å². The molecule has 0 aliphatic carbocycles. The van der Waals surface area contributed by atoms with Crippen molar-refractivity contribution in [1.29, 1.82) is 0 Å². The Morgan fingerprint density at radius 3 is 2.84 bits per heavy atom. The van der Waals surface area contributed by atoms with Gasteiger partial charge in [-0.1, -0.05) is 12.1 Å². The summed E-state index contributed by atoms with van der Waals surface area (Å²) < 4.78 is 1.73. The van der Waals surface area contributed by atoms with E-state index in [0.29, 0.717) is 12.2 Å². The van der Waals surface area contributed by atoms with E-state index in [0.717, 1.165) is 39.2 Å². The van der Waals surface area contributed by atoms with E-state index in [1.165, 1.54) is 6.92 Å². The van der Waals surface area contributed by atoms with Crippen LogP contribution in [0.1, 0.15) is 12.5 Å². The molecule has 1 aromatic carbocycles. The van der Waals surface area contributed by atoms with Crippen LogP contribution in [0.4, 0.5) is 17.2 Å². The predicted molar refractivity (Wildman–Crippen MR) is 120 cm³/mol. The van der Waals surface area contributed by atoms with Gasteiger partial charge in [-0.2, -0.15) is 5.10 Å². The number of rotatable bonds is 4. The summed E-state index contributed by atoms with van der Waals surface area (Å²) in [6, 6.07) is 12.1. The first-order valence-corrected chi connectivity index (χ1v) is 9.91. The molecule has 5 rings (SSSR count). The van der Waals surface area contributed by atoms with Crippen LogP contribution in [0.3, 0.4) is 0 Å². The maximum atomic E-state index is 11.9. The number of fused-ring (bicyclic) bond motifs is 2. The lowest BCUT2D eigenvalue weighted by atomic mass is 10.1. The van der Waals surface area contributed by atoms with E-state index in [1.807, 2.05) is 48.5 Å². The number of hydrogen-bond donors (Lipinski definition) is 2. The van der Waals surface area contributed by atoms with Crippen molar-refractivity contribution in [3.8, 4) is 11.3 Å². The van der Waals surface area contributed by atoms with Gasteiger partial charge in [-0.3, -0.25) is 24.5 Å². The summed E-state index contributed by atoms with van der Waals surface area (Å²) in [5.41, 5.74) is 8.52. The van der Waals surface area contributed by atoms with Gasteiger partial charge in [0.25, 0.3) is 0 Å². The van der Waals surface area contributed by atoms with Crippen LogP contribution < -0.4 is 20.9 Å². The molecule has 0 radical (unpaired) electrons. The number of nitrogens with zero attached hydrogens (tertiary/aromatic N) is 6. The van der Waals surface area contributed by atoms with E-state index >= 15 is 0 Å². The predicted octanol–water partition coefficient (Wildman–Crippen LogP) is 2.86. The molecule has 0 saturated heterocycles. The van der Waals surface area contributed by atoms with Gasteiger partial charge in [0.2, 0.25) is 5.91 Å². The molecule has 0 spiro atoms. The molecule has 4 heterocycles. The van der Waals surface area contributed by atoms with Crippen molar-refractivity contribution in [1.82, 2.24) is 25.3 Å². The van der Waals surface area contributed by atoms with Crippen molar-refractivity contribution in [2.24, 2.45) is 7.05 Å². The summed E-state index contributed by atoms with van der Waals surface area (Å²) in [6.45, 7) is 2.09. The van der Waals surface area contributed by atoms with Crippen LogP contribution in [0, 0.1) is 0 Å². The molecule has 0 saturated carbocycles. The first-order chi connectivity index (χ1) is 15.0. The van der Waals surface area contributed by atoms with Crippen LogP contribution in [0.25, 0.3) is 22.2 Å². The van der Waals surface area contributed by atoms with Gasteiger partial charge in [0.05, 0.1) is 29.6 Å². The zero-order chi connectivity index (χ0) is 21.5. The minimum atomic E-state index is -0.139. The SMILES string of the molecule is CC(=O)Nc1cc(-c2cnn(C)c2)nc2c1N(C)NN2Cc1ccc2ncccc2c1. The molecule has 1 aliphatic rings. The van der Waals surface area contributed by atoms with Crippen molar-refractivity contribution in [3.05, 3.63) is 60.6 Å². The number of amides is 1. The maximum Gasteiger partial charge on any atom is 0.221 e. The summed E-state index contributed by atoms with van der Waals surface area (Å²) >= 11 is 0. The van der Waals surface area contributed by atoms with Crippen LogP contribution in [-0.4, -0.2) is 32.7 Å². The molecule has 0 bridgehead atoms. The summed E-state index contributed by atoms with van der Waals surface area (Å²) in [4.78, 5) is 21.2. The Morgan fingerprint density at radius 2 is 2.06 bits per heavy atom. The molecular formula is C22H22N8O. The molecular weight excluding hydrogens is 392 g/mol. The molecule has 9 nitrogen and oxygen atoms in total. The number of aromatic nitrogens is 4. The first kappa shape index (κ1) is 19.0. The zero-order valence-corrected chi connectivity index (χ0v) is 17.5. The number of carbonyl (C=O) groups is 1. The van der Waals surface area contributed by atoms with E-state index < -0.39 is 0 Å². The number of aryl methyl sites for hydroxylation is 1. The highest BCUT2D eigenvalue weighted by atomic mass is 16.1. The second-order valence-electron chi connectivity index (χ2n) is 7.59. The van der Waals surface area contributed by atoms with Gasteiger partial charge < -0.3 is 5.32 Å². The van der Waals surface area contributed by atoms with Crippen LogP contribution in [0.15, 0.2) is 55.0 Å². The highest BCUT2D eigenvalue weighted by molar-refractivity contribution is 5.97. The molecule has 0 fully saturated rings. The third kappa shape index (κ3) is 3.55. The summed E-state index contributed by atoms with van der Waals surface area (Å²) in [5.74, 6) is 0.596. The van der Waals surface area contributed by atoms with Crippen molar-refractivity contribution >= 4 is 34.0 Å². The fraction of sp³-hybridized carbons (Fsp3) is 0.182. The van der Waals surface area contributed by atoms with Crippen LogP contribution in [0.5, 0.6) is 0 Å². The van der Waals surface area contributed by atoms with Gasteiger partial charge in [-0.15, -0.1) is 5.53 Å². The molecule has 3 aromatic heterocycles. The van der Waals surface area contributed by atoms with Crippen LogP contribution >= 0.6 is 0 Å². The summed E-state index contributed by atoms with van der Waals surface area (Å²) in [6.07, 6.45) is 5.46. The second kappa shape index (κ2) is 7.37. The van der Waals surface area contributed by atoms with Crippen LogP contribution in [-0.2, 0) is 18.4 Å². The van der Waals surface area contributed by atoms with Crippen molar-refractivity contribution in [2.75, 3.05) is 22.4 Å². The number of hydrogen-bond acceptors (Lipinski definition) is 7. The zero-order valence-electron chi connectivity index (χ0n) is 17.5. The molecule has 156 valence electrons. The highest BCUT2D eigenvalue weighted by Gasteiger charge is 2.29. The van der Waals surface area contributed by atoms with Crippen molar-refractivity contribution in [2.45, 2.75) is 13.5 Å². The average Bonchev–Trinajstić information content (AvgIpc) is 3.31. The minimum absolute atomic E-state index is 0.139. The van der Waals surface area contributed by atoms with Crippen LogP contribution in [0.2, 0.25) is 0 Å². The molecule has 1 amide bonds.